The predicted molar refractivity (Wildman–Crippen MR) is 143 cm³/mol. The third kappa shape index (κ3) is 5.07. The standard InChI is InChI=1S/C31H37NO4/c1-30(2,3)36-32-19-25-14-20(6-10-29(33)34)5-8-26(25)24-7-9-28(35-4)27(15-24)31-16-21-11-22(17-31)13-23(12-21)18-31/h5-10,14-15,19,21-23H,11-13,16-18H2,1-4H3,(H,33,34)/b10-6+,32-19+. The van der Waals surface area contributed by atoms with Gasteiger partial charge in [0.05, 0.1) is 13.3 Å². The van der Waals surface area contributed by atoms with Gasteiger partial charge in [0, 0.05) is 17.2 Å². The average Bonchev–Trinajstić information content (AvgIpc) is 2.81. The Hall–Kier alpha value is -3.08. The Morgan fingerprint density at radius 3 is 2.28 bits per heavy atom. The van der Waals surface area contributed by atoms with Crippen LogP contribution in [0.25, 0.3) is 17.2 Å². The number of benzene rings is 2. The van der Waals surface area contributed by atoms with Gasteiger partial charge in [-0.2, -0.15) is 0 Å². The van der Waals surface area contributed by atoms with Crippen molar-refractivity contribution in [2.45, 2.75) is 70.3 Å². The van der Waals surface area contributed by atoms with Gasteiger partial charge < -0.3 is 14.7 Å². The summed E-state index contributed by atoms with van der Waals surface area (Å²) < 4.78 is 5.92. The van der Waals surface area contributed by atoms with Crippen molar-refractivity contribution in [3.8, 4) is 16.9 Å². The van der Waals surface area contributed by atoms with Gasteiger partial charge in [0.25, 0.3) is 0 Å². The summed E-state index contributed by atoms with van der Waals surface area (Å²) in [6, 6.07) is 12.5. The first kappa shape index (κ1) is 24.6. The minimum Gasteiger partial charge on any atom is -0.496 e. The van der Waals surface area contributed by atoms with Gasteiger partial charge in [0.2, 0.25) is 0 Å². The van der Waals surface area contributed by atoms with Crippen LogP contribution in [-0.4, -0.2) is 30.0 Å². The quantitative estimate of drug-likeness (QED) is 0.257. The fourth-order valence-electron chi connectivity index (χ4n) is 7.19. The highest BCUT2D eigenvalue weighted by Crippen LogP contribution is 2.62. The van der Waals surface area contributed by atoms with Crippen LogP contribution in [0.1, 0.15) is 76.0 Å². The van der Waals surface area contributed by atoms with Crippen LogP contribution in [0.15, 0.2) is 47.6 Å². The highest BCUT2D eigenvalue weighted by Gasteiger charge is 2.52. The van der Waals surface area contributed by atoms with Crippen molar-refractivity contribution in [3.05, 3.63) is 59.2 Å². The molecule has 2 aromatic carbocycles. The molecule has 36 heavy (non-hydrogen) atoms. The molecule has 0 radical (unpaired) electrons. The molecule has 0 unspecified atom stereocenters. The summed E-state index contributed by atoms with van der Waals surface area (Å²) in [5, 5.41) is 13.3. The molecular weight excluding hydrogens is 450 g/mol. The minimum atomic E-state index is -0.972. The molecule has 4 aliphatic rings. The first-order valence-corrected chi connectivity index (χ1v) is 13.1. The molecule has 1 N–H and O–H groups in total. The topological polar surface area (TPSA) is 68.1 Å². The lowest BCUT2D eigenvalue weighted by Gasteiger charge is -2.57. The number of rotatable bonds is 7. The number of ether oxygens (including phenoxy) is 1. The summed E-state index contributed by atoms with van der Waals surface area (Å²) >= 11 is 0. The number of oxime groups is 1. The molecular formula is C31H37NO4. The zero-order chi connectivity index (χ0) is 25.5. The van der Waals surface area contributed by atoms with Crippen molar-refractivity contribution in [1.82, 2.24) is 0 Å². The number of hydrogen-bond donors (Lipinski definition) is 1. The molecule has 0 amide bonds. The Morgan fingerprint density at radius 1 is 1.03 bits per heavy atom. The molecule has 4 fully saturated rings. The molecule has 0 atom stereocenters. The van der Waals surface area contributed by atoms with Crippen LogP contribution in [0, 0.1) is 17.8 Å². The summed E-state index contributed by atoms with van der Waals surface area (Å²) in [6.45, 7) is 5.87. The first-order valence-electron chi connectivity index (χ1n) is 13.1. The van der Waals surface area contributed by atoms with E-state index in [1.54, 1.807) is 19.4 Å². The van der Waals surface area contributed by atoms with E-state index in [4.69, 9.17) is 14.7 Å². The Labute approximate surface area is 214 Å². The van der Waals surface area contributed by atoms with E-state index in [0.717, 1.165) is 51.8 Å². The Morgan fingerprint density at radius 2 is 1.69 bits per heavy atom. The lowest BCUT2D eigenvalue weighted by Crippen LogP contribution is -2.48. The van der Waals surface area contributed by atoms with Crippen LogP contribution >= 0.6 is 0 Å². The smallest absolute Gasteiger partial charge is 0.328 e. The van der Waals surface area contributed by atoms with E-state index in [2.05, 4.69) is 23.4 Å². The van der Waals surface area contributed by atoms with Crippen LogP contribution in [-0.2, 0) is 15.0 Å². The highest BCUT2D eigenvalue weighted by atomic mass is 16.6. The number of carbonyl (C=O) groups is 1. The fourth-order valence-corrected chi connectivity index (χ4v) is 7.19. The molecule has 2 aromatic rings. The number of nitrogens with zero attached hydrogens (tertiary/aromatic N) is 1. The molecule has 4 bridgehead atoms. The lowest BCUT2D eigenvalue weighted by atomic mass is 9.48. The second kappa shape index (κ2) is 9.42. The first-order chi connectivity index (χ1) is 17.1. The molecule has 0 spiro atoms. The molecule has 5 heteroatoms. The molecule has 190 valence electrons. The number of methoxy groups -OCH3 is 1. The molecule has 0 saturated heterocycles. The molecule has 4 aliphatic carbocycles. The van der Waals surface area contributed by atoms with Crippen LogP contribution in [0.3, 0.4) is 0 Å². The van der Waals surface area contributed by atoms with Gasteiger partial charge in [-0.05, 0) is 123 Å². The summed E-state index contributed by atoms with van der Waals surface area (Å²) in [7, 11) is 1.78. The van der Waals surface area contributed by atoms with E-state index in [0.29, 0.717) is 0 Å². The van der Waals surface area contributed by atoms with Gasteiger partial charge in [-0.3, -0.25) is 0 Å². The van der Waals surface area contributed by atoms with Crippen LogP contribution in [0.2, 0.25) is 0 Å². The van der Waals surface area contributed by atoms with Crippen molar-refractivity contribution in [2.75, 3.05) is 7.11 Å². The second-order valence-electron chi connectivity index (χ2n) is 12.1. The predicted octanol–water partition coefficient (Wildman–Crippen LogP) is 7.08. The zero-order valence-electron chi connectivity index (χ0n) is 21.8. The lowest BCUT2D eigenvalue weighted by molar-refractivity contribution is -0.131. The summed E-state index contributed by atoms with van der Waals surface area (Å²) in [5.74, 6) is 2.57. The number of aliphatic carboxylic acids is 1. The normalized spacial score (nSPS) is 27.2. The third-order valence-corrected chi connectivity index (χ3v) is 8.13. The van der Waals surface area contributed by atoms with E-state index < -0.39 is 11.6 Å². The van der Waals surface area contributed by atoms with Crippen LogP contribution in [0.5, 0.6) is 5.75 Å². The number of carboxylic acids is 1. The Kier molecular flexibility index (Phi) is 6.44. The molecule has 5 nitrogen and oxygen atoms in total. The minimum absolute atomic E-state index is 0.212. The van der Waals surface area contributed by atoms with Crippen LogP contribution in [0.4, 0.5) is 0 Å². The van der Waals surface area contributed by atoms with Crippen molar-refractivity contribution >= 4 is 18.3 Å². The van der Waals surface area contributed by atoms with Crippen molar-refractivity contribution < 1.29 is 19.5 Å². The molecule has 0 aromatic heterocycles. The van der Waals surface area contributed by atoms with Gasteiger partial charge in [-0.25, -0.2) is 4.79 Å². The van der Waals surface area contributed by atoms with Gasteiger partial charge in [-0.15, -0.1) is 0 Å². The SMILES string of the molecule is COc1ccc(-c2ccc(/C=C/C(=O)O)cc2/C=N/OC(C)(C)C)cc1C12CC3CC(CC(C3)C1)C2. The van der Waals surface area contributed by atoms with E-state index >= 15 is 0 Å². The Bertz CT molecular complexity index is 1170. The van der Waals surface area contributed by atoms with Gasteiger partial charge in [0.1, 0.15) is 11.4 Å². The van der Waals surface area contributed by atoms with E-state index in [-0.39, 0.29) is 5.41 Å². The zero-order valence-corrected chi connectivity index (χ0v) is 21.8. The largest absolute Gasteiger partial charge is 0.496 e. The Balaban J connectivity index is 1.56. The molecule has 6 rings (SSSR count). The fraction of sp³-hybridized carbons (Fsp3) is 0.484. The summed E-state index contributed by atoms with van der Waals surface area (Å²) in [5.41, 5.74) is 5.00. The van der Waals surface area contributed by atoms with E-state index in [9.17, 15) is 4.79 Å². The monoisotopic (exact) mass is 487 g/mol. The van der Waals surface area contributed by atoms with Gasteiger partial charge in [0.15, 0.2) is 0 Å². The second-order valence-corrected chi connectivity index (χ2v) is 12.1. The van der Waals surface area contributed by atoms with E-state index in [1.807, 2.05) is 39.0 Å². The maximum Gasteiger partial charge on any atom is 0.328 e. The van der Waals surface area contributed by atoms with Gasteiger partial charge >= 0.3 is 5.97 Å². The number of hydrogen-bond acceptors (Lipinski definition) is 4. The summed E-state index contributed by atoms with van der Waals surface area (Å²) in [6.07, 6.45) is 12.5. The molecule has 4 saturated carbocycles. The average molecular weight is 488 g/mol. The highest BCUT2D eigenvalue weighted by molar-refractivity contribution is 5.92. The third-order valence-electron chi connectivity index (χ3n) is 8.13. The van der Waals surface area contributed by atoms with E-state index in [1.165, 1.54) is 44.1 Å². The molecule has 0 heterocycles. The van der Waals surface area contributed by atoms with Gasteiger partial charge in [-0.1, -0.05) is 23.4 Å². The summed E-state index contributed by atoms with van der Waals surface area (Å²) in [4.78, 5) is 16.7. The molecule has 0 aliphatic heterocycles. The van der Waals surface area contributed by atoms with Crippen LogP contribution < -0.4 is 4.74 Å². The van der Waals surface area contributed by atoms with Crippen molar-refractivity contribution in [1.29, 1.82) is 0 Å². The van der Waals surface area contributed by atoms with Crippen molar-refractivity contribution in [2.24, 2.45) is 22.9 Å². The van der Waals surface area contributed by atoms with Crippen molar-refractivity contribution in [3.63, 3.8) is 0 Å². The number of carboxylic acid groups (broad SMARTS) is 1. The maximum atomic E-state index is 11.0. The maximum absolute atomic E-state index is 11.0.